The number of aromatic nitrogens is 4. The molecule has 1 aromatic carbocycles. The highest BCUT2D eigenvalue weighted by molar-refractivity contribution is 5.74. The van der Waals surface area contributed by atoms with Gasteiger partial charge in [-0.3, -0.25) is 13.9 Å². The van der Waals surface area contributed by atoms with E-state index >= 15 is 0 Å². The highest BCUT2D eigenvalue weighted by Crippen LogP contribution is 2.12. The fraction of sp³-hybridized carbons (Fsp3) is 0.294. The number of aromatic amines is 1. The Kier molecular flexibility index (Phi) is 4.39. The van der Waals surface area contributed by atoms with Crippen LogP contribution in [0.25, 0.3) is 11.0 Å². The summed E-state index contributed by atoms with van der Waals surface area (Å²) in [4.78, 5) is 31.8. The van der Waals surface area contributed by atoms with Gasteiger partial charge in [0.05, 0.1) is 11.0 Å². The molecule has 2 aromatic heterocycles. The number of para-hydroxylation sites is 2. The second kappa shape index (κ2) is 6.65. The number of hydrogen-bond acceptors (Lipinski definition) is 5. The summed E-state index contributed by atoms with van der Waals surface area (Å²) in [6, 6.07) is 9.68. The van der Waals surface area contributed by atoms with Gasteiger partial charge in [-0.25, -0.2) is 9.78 Å². The minimum atomic E-state index is -0.592. The lowest BCUT2D eigenvalue weighted by atomic mass is 10.2. The molecule has 3 aromatic rings. The van der Waals surface area contributed by atoms with Crippen molar-refractivity contribution in [2.24, 2.45) is 14.1 Å². The first kappa shape index (κ1) is 16.5. The Labute approximate surface area is 143 Å². The van der Waals surface area contributed by atoms with Crippen LogP contribution in [0.15, 0.2) is 33.9 Å². The summed E-state index contributed by atoms with van der Waals surface area (Å²) >= 11 is 0. The minimum absolute atomic E-state index is 0.0617. The van der Waals surface area contributed by atoms with Gasteiger partial charge in [-0.15, -0.1) is 0 Å². The monoisotopic (exact) mass is 338 g/mol. The molecule has 0 aliphatic rings. The first-order valence-electron chi connectivity index (χ1n) is 7.90. The zero-order chi connectivity index (χ0) is 18.0. The summed E-state index contributed by atoms with van der Waals surface area (Å²) in [6.07, 6.45) is 1.44. The van der Waals surface area contributed by atoms with Crippen LogP contribution in [0.5, 0.6) is 0 Å². The van der Waals surface area contributed by atoms with Crippen LogP contribution < -0.4 is 16.6 Å². The zero-order valence-corrected chi connectivity index (χ0v) is 14.0. The molecule has 0 aliphatic heterocycles. The van der Waals surface area contributed by atoms with Crippen LogP contribution in [0.2, 0.25) is 0 Å². The molecule has 8 nitrogen and oxygen atoms in total. The Morgan fingerprint density at radius 2 is 2.00 bits per heavy atom. The molecule has 3 rings (SSSR count). The van der Waals surface area contributed by atoms with Crippen LogP contribution in [-0.2, 0) is 20.5 Å². The van der Waals surface area contributed by atoms with Crippen molar-refractivity contribution in [1.82, 2.24) is 19.1 Å². The maximum absolute atomic E-state index is 12.0. The molecular formula is C17H18N6O2. The standard InChI is InChI=1S/C17H18N6O2/c1-22-15(11(10-18)16(24)23(2)17(22)25)19-9-5-8-14-20-12-6-3-4-7-13(12)21-14/h3-4,6-7,19H,5,8-9H2,1-2H3,(H,20,21). The van der Waals surface area contributed by atoms with Crippen molar-refractivity contribution >= 4 is 16.9 Å². The molecule has 2 heterocycles. The largest absolute Gasteiger partial charge is 0.370 e. The lowest BCUT2D eigenvalue weighted by molar-refractivity contribution is 0.682. The maximum atomic E-state index is 12.0. The molecule has 25 heavy (non-hydrogen) atoms. The summed E-state index contributed by atoms with van der Waals surface area (Å²) in [5.74, 6) is 1.13. The first-order valence-corrected chi connectivity index (χ1v) is 7.90. The Balaban J connectivity index is 1.71. The van der Waals surface area contributed by atoms with E-state index in [-0.39, 0.29) is 11.4 Å². The fourth-order valence-corrected chi connectivity index (χ4v) is 2.74. The molecule has 0 bridgehead atoms. The molecule has 2 N–H and O–H groups in total. The number of benzene rings is 1. The van der Waals surface area contributed by atoms with Crippen molar-refractivity contribution in [1.29, 1.82) is 5.26 Å². The normalized spacial score (nSPS) is 10.8. The number of nitrogens with zero attached hydrogens (tertiary/aromatic N) is 4. The van der Waals surface area contributed by atoms with Gasteiger partial charge in [0.1, 0.15) is 17.7 Å². The first-order chi connectivity index (χ1) is 12.0. The van der Waals surface area contributed by atoms with Crippen molar-refractivity contribution in [3.8, 4) is 6.07 Å². The molecular weight excluding hydrogens is 320 g/mol. The highest BCUT2D eigenvalue weighted by Gasteiger charge is 2.14. The van der Waals surface area contributed by atoms with Crippen molar-refractivity contribution in [2.75, 3.05) is 11.9 Å². The molecule has 0 spiro atoms. The number of hydrogen-bond donors (Lipinski definition) is 2. The molecule has 0 fully saturated rings. The van der Waals surface area contributed by atoms with Gasteiger partial charge in [-0.2, -0.15) is 5.26 Å². The summed E-state index contributed by atoms with van der Waals surface area (Å²) in [6.45, 7) is 0.506. The summed E-state index contributed by atoms with van der Waals surface area (Å²) in [7, 11) is 2.89. The predicted octanol–water partition coefficient (Wildman–Crippen LogP) is 0.877. The number of fused-ring (bicyclic) bond motifs is 1. The molecule has 0 saturated heterocycles. The second-order valence-corrected chi connectivity index (χ2v) is 5.77. The van der Waals surface area contributed by atoms with E-state index in [1.54, 1.807) is 0 Å². The number of imidazole rings is 1. The molecule has 0 amide bonds. The van der Waals surface area contributed by atoms with Gasteiger partial charge in [0.2, 0.25) is 0 Å². The van der Waals surface area contributed by atoms with Crippen LogP contribution in [0.4, 0.5) is 5.82 Å². The SMILES string of the molecule is Cn1c(NCCCc2nc3ccccc3[nH]2)c(C#N)c(=O)n(C)c1=O. The van der Waals surface area contributed by atoms with E-state index in [2.05, 4.69) is 15.3 Å². The minimum Gasteiger partial charge on any atom is -0.370 e. The van der Waals surface area contributed by atoms with Gasteiger partial charge in [0, 0.05) is 27.1 Å². The summed E-state index contributed by atoms with van der Waals surface area (Å²) < 4.78 is 2.21. The van der Waals surface area contributed by atoms with E-state index in [0.29, 0.717) is 13.0 Å². The van der Waals surface area contributed by atoms with E-state index < -0.39 is 11.2 Å². The summed E-state index contributed by atoms with van der Waals surface area (Å²) in [5, 5.41) is 12.3. The van der Waals surface area contributed by atoms with Gasteiger partial charge < -0.3 is 10.3 Å². The van der Waals surface area contributed by atoms with E-state index in [1.807, 2.05) is 30.3 Å². The van der Waals surface area contributed by atoms with Crippen LogP contribution >= 0.6 is 0 Å². The zero-order valence-electron chi connectivity index (χ0n) is 14.0. The molecule has 0 aliphatic carbocycles. The van der Waals surface area contributed by atoms with Gasteiger partial charge in [-0.1, -0.05) is 12.1 Å². The van der Waals surface area contributed by atoms with Gasteiger partial charge in [0.15, 0.2) is 5.56 Å². The van der Waals surface area contributed by atoms with E-state index in [9.17, 15) is 14.9 Å². The maximum Gasteiger partial charge on any atom is 0.332 e. The van der Waals surface area contributed by atoms with Crippen LogP contribution in [0.1, 0.15) is 17.8 Å². The molecule has 8 heteroatoms. The number of aryl methyl sites for hydroxylation is 1. The second-order valence-electron chi connectivity index (χ2n) is 5.77. The number of nitrogens with one attached hydrogen (secondary N) is 2. The van der Waals surface area contributed by atoms with Crippen molar-refractivity contribution in [3.63, 3.8) is 0 Å². The number of nitriles is 1. The van der Waals surface area contributed by atoms with E-state index in [1.165, 1.54) is 18.7 Å². The Hall–Kier alpha value is -3.34. The Bertz CT molecular complexity index is 1050. The molecule has 0 atom stereocenters. The Morgan fingerprint density at radius 1 is 1.24 bits per heavy atom. The third-order valence-corrected chi connectivity index (χ3v) is 4.10. The van der Waals surface area contributed by atoms with Crippen molar-refractivity contribution in [3.05, 3.63) is 56.5 Å². The number of anilines is 1. The topological polar surface area (TPSA) is 108 Å². The van der Waals surface area contributed by atoms with Crippen molar-refractivity contribution < 1.29 is 0 Å². The highest BCUT2D eigenvalue weighted by atomic mass is 16.2. The van der Waals surface area contributed by atoms with Gasteiger partial charge in [-0.05, 0) is 18.6 Å². The lowest BCUT2D eigenvalue weighted by Gasteiger charge is -2.13. The molecule has 128 valence electrons. The van der Waals surface area contributed by atoms with Crippen LogP contribution in [0, 0.1) is 11.3 Å². The predicted molar refractivity (Wildman–Crippen MR) is 94.5 cm³/mol. The quantitative estimate of drug-likeness (QED) is 0.671. The lowest BCUT2D eigenvalue weighted by Crippen LogP contribution is -2.40. The van der Waals surface area contributed by atoms with Crippen molar-refractivity contribution in [2.45, 2.75) is 12.8 Å². The summed E-state index contributed by atoms with van der Waals surface area (Å²) in [5.41, 5.74) is 0.792. The van der Waals surface area contributed by atoms with E-state index in [0.717, 1.165) is 27.8 Å². The van der Waals surface area contributed by atoms with Gasteiger partial charge in [0.25, 0.3) is 5.56 Å². The van der Waals surface area contributed by atoms with Crippen LogP contribution in [0.3, 0.4) is 0 Å². The van der Waals surface area contributed by atoms with Gasteiger partial charge >= 0.3 is 5.69 Å². The fourth-order valence-electron chi connectivity index (χ4n) is 2.74. The third-order valence-electron chi connectivity index (χ3n) is 4.10. The molecule has 0 unspecified atom stereocenters. The Morgan fingerprint density at radius 3 is 2.72 bits per heavy atom. The molecule has 0 saturated carbocycles. The number of H-pyrrole nitrogens is 1. The average Bonchev–Trinajstić information content (AvgIpc) is 3.03. The number of rotatable bonds is 5. The van der Waals surface area contributed by atoms with Crippen LogP contribution in [-0.4, -0.2) is 25.6 Å². The molecule has 0 radical (unpaired) electrons. The van der Waals surface area contributed by atoms with E-state index in [4.69, 9.17) is 0 Å². The average molecular weight is 338 g/mol. The smallest absolute Gasteiger partial charge is 0.332 e. The third kappa shape index (κ3) is 3.04.